The standard InChI is InChI=1S/C4H13P3/c1-5-7(4)6(2)3/h5H,1-4H3. The highest BCUT2D eigenvalue weighted by Gasteiger charge is 1.99. The van der Waals surface area contributed by atoms with Gasteiger partial charge >= 0.3 is 0 Å². The summed E-state index contributed by atoms with van der Waals surface area (Å²) in [5.74, 6) is 0. The summed E-state index contributed by atoms with van der Waals surface area (Å²) in [6.07, 6.45) is 0. The molecule has 0 radical (unpaired) electrons. The van der Waals surface area contributed by atoms with E-state index >= 15 is 0 Å². The van der Waals surface area contributed by atoms with Gasteiger partial charge in [-0.05, 0) is 26.7 Å². The topological polar surface area (TPSA) is 0 Å². The predicted octanol–water partition coefficient (Wildman–Crippen LogP) is 2.98. The van der Waals surface area contributed by atoms with Crippen LogP contribution in [0.4, 0.5) is 0 Å². The lowest BCUT2D eigenvalue weighted by Crippen LogP contribution is -1.55. The normalized spacial score (nSPS) is 16.7. The fourth-order valence-electron chi connectivity index (χ4n) is 0.200. The first-order chi connectivity index (χ1) is 3.18. The van der Waals surface area contributed by atoms with Crippen LogP contribution >= 0.6 is 23.2 Å². The Kier molecular flexibility index (Phi) is 4.97. The first kappa shape index (κ1) is 8.29. The fraction of sp³-hybridized carbons (Fsp3) is 1.00. The highest BCUT2D eigenvalue weighted by molar-refractivity contribution is 8.55. The highest BCUT2D eigenvalue weighted by Crippen LogP contribution is 2.72. The Hall–Kier alpha value is 1.29. The van der Waals surface area contributed by atoms with Crippen LogP contribution in [0.1, 0.15) is 0 Å². The molecule has 0 bridgehead atoms. The Labute approximate surface area is 50.5 Å². The molecule has 0 aliphatic rings. The van der Waals surface area contributed by atoms with E-state index in [4.69, 9.17) is 0 Å². The molecule has 0 N–H and O–H groups in total. The summed E-state index contributed by atoms with van der Waals surface area (Å²) in [6.45, 7) is 9.46. The lowest BCUT2D eigenvalue weighted by molar-refractivity contribution is 2.28. The van der Waals surface area contributed by atoms with Gasteiger partial charge in [0.15, 0.2) is 0 Å². The molecular formula is C4H13P3. The van der Waals surface area contributed by atoms with Crippen LogP contribution in [0.2, 0.25) is 0 Å². The van der Waals surface area contributed by atoms with Crippen molar-refractivity contribution in [2.24, 2.45) is 0 Å². The van der Waals surface area contributed by atoms with Gasteiger partial charge in [-0.2, -0.15) is 0 Å². The van der Waals surface area contributed by atoms with Gasteiger partial charge in [-0.1, -0.05) is 23.2 Å². The summed E-state index contributed by atoms with van der Waals surface area (Å²) in [4.78, 5) is 0. The molecule has 0 saturated carbocycles. The van der Waals surface area contributed by atoms with Crippen LogP contribution in [-0.2, 0) is 0 Å². The van der Waals surface area contributed by atoms with Crippen LogP contribution in [0, 0.1) is 0 Å². The van der Waals surface area contributed by atoms with Crippen molar-refractivity contribution in [3.63, 3.8) is 0 Å². The molecule has 0 aromatic heterocycles. The largest absolute Gasteiger partial charge is 0.0950 e. The van der Waals surface area contributed by atoms with Gasteiger partial charge < -0.3 is 0 Å². The molecule has 0 spiro atoms. The van der Waals surface area contributed by atoms with Crippen molar-refractivity contribution >= 4 is 23.2 Å². The third kappa shape index (κ3) is 3.84. The first-order valence-electron chi connectivity index (χ1n) is 2.27. The molecule has 0 aromatic carbocycles. The zero-order valence-electron chi connectivity index (χ0n) is 5.39. The molecule has 0 nitrogen and oxygen atoms in total. The third-order valence-corrected chi connectivity index (χ3v) is 13.7. The minimum Gasteiger partial charge on any atom is -0.0950 e. The summed E-state index contributed by atoms with van der Waals surface area (Å²) in [6, 6.07) is 0. The van der Waals surface area contributed by atoms with E-state index in [9.17, 15) is 0 Å². The number of rotatable bonds is 2. The van der Waals surface area contributed by atoms with Crippen LogP contribution in [-0.4, -0.2) is 26.7 Å². The molecule has 0 rings (SSSR count). The summed E-state index contributed by atoms with van der Waals surface area (Å²) >= 11 is 0. The molecule has 0 aliphatic heterocycles. The van der Waals surface area contributed by atoms with E-state index in [1.54, 1.807) is 0 Å². The van der Waals surface area contributed by atoms with Crippen molar-refractivity contribution in [2.75, 3.05) is 26.7 Å². The maximum atomic E-state index is 2.40. The van der Waals surface area contributed by atoms with Crippen molar-refractivity contribution in [3.8, 4) is 0 Å². The molecule has 0 heterocycles. The van der Waals surface area contributed by atoms with Gasteiger partial charge in [0.2, 0.25) is 0 Å². The van der Waals surface area contributed by atoms with E-state index in [2.05, 4.69) is 26.7 Å². The Morgan fingerprint density at radius 3 is 1.57 bits per heavy atom. The lowest BCUT2D eigenvalue weighted by Gasteiger charge is -2.12. The zero-order valence-corrected chi connectivity index (χ0v) is 8.18. The van der Waals surface area contributed by atoms with Gasteiger partial charge in [-0.25, -0.2) is 0 Å². The van der Waals surface area contributed by atoms with E-state index < -0.39 is 0 Å². The lowest BCUT2D eigenvalue weighted by atomic mass is 11.9. The van der Waals surface area contributed by atoms with Crippen molar-refractivity contribution in [1.82, 2.24) is 0 Å². The Bertz CT molecular complexity index is 44.2. The molecule has 2 unspecified atom stereocenters. The zero-order chi connectivity index (χ0) is 5.86. The third-order valence-electron chi connectivity index (χ3n) is 0.924. The van der Waals surface area contributed by atoms with Gasteiger partial charge in [0.05, 0.1) is 0 Å². The SMILES string of the molecule is CPP(C)P(C)C. The van der Waals surface area contributed by atoms with Crippen molar-refractivity contribution in [1.29, 1.82) is 0 Å². The second kappa shape index (κ2) is 4.20. The van der Waals surface area contributed by atoms with Gasteiger partial charge in [0.1, 0.15) is 0 Å². The molecule has 3 heteroatoms. The van der Waals surface area contributed by atoms with E-state index in [0.29, 0.717) is 14.9 Å². The van der Waals surface area contributed by atoms with Crippen molar-refractivity contribution in [2.45, 2.75) is 0 Å². The molecule has 0 amide bonds. The summed E-state index contributed by atoms with van der Waals surface area (Å²) in [7, 11) is 2.08. The molecule has 0 saturated heterocycles. The van der Waals surface area contributed by atoms with Crippen LogP contribution < -0.4 is 0 Å². The van der Waals surface area contributed by atoms with E-state index in [0.717, 1.165) is 0 Å². The maximum Gasteiger partial charge on any atom is -0.0369 e. The van der Waals surface area contributed by atoms with Crippen LogP contribution in [0.5, 0.6) is 0 Å². The quantitative estimate of drug-likeness (QED) is 0.536. The Morgan fingerprint density at radius 1 is 1.14 bits per heavy atom. The highest BCUT2D eigenvalue weighted by atomic mass is 32.5. The summed E-state index contributed by atoms with van der Waals surface area (Å²) < 4.78 is 0. The van der Waals surface area contributed by atoms with Crippen molar-refractivity contribution < 1.29 is 0 Å². The van der Waals surface area contributed by atoms with Gasteiger partial charge in [0, 0.05) is 0 Å². The van der Waals surface area contributed by atoms with E-state index in [1.165, 1.54) is 8.27 Å². The maximum absolute atomic E-state index is 2.40. The van der Waals surface area contributed by atoms with Gasteiger partial charge in [0.25, 0.3) is 0 Å². The van der Waals surface area contributed by atoms with Crippen molar-refractivity contribution in [3.05, 3.63) is 0 Å². The molecular weight excluding hydrogens is 141 g/mol. The predicted molar refractivity (Wildman–Crippen MR) is 45.9 cm³/mol. The van der Waals surface area contributed by atoms with Crippen LogP contribution in [0.25, 0.3) is 0 Å². The Balaban J connectivity index is 3.14. The van der Waals surface area contributed by atoms with E-state index in [1.807, 2.05) is 0 Å². The molecule has 0 aromatic rings. The summed E-state index contributed by atoms with van der Waals surface area (Å²) in [5.41, 5.74) is 0. The molecule has 2 atom stereocenters. The van der Waals surface area contributed by atoms with E-state index in [-0.39, 0.29) is 0 Å². The smallest absolute Gasteiger partial charge is 0.0369 e. The van der Waals surface area contributed by atoms with Crippen LogP contribution in [0.15, 0.2) is 0 Å². The van der Waals surface area contributed by atoms with Gasteiger partial charge in [-0.3, -0.25) is 0 Å². The molecule has 7 heavy (non-hydrogen) atoms. The Morgan fingerprint density at radius 2 is 1.57 bits per heavy atom. The molecule has 0 aliphatic carbocycles. The summed E-state index contributed by atoms with van der Waals surface area (Å²) in [5, 5.41) is 0. The first-order valence-corrected chi connectivity index (χ1v) is 9.34. The molecule has 44 valence electrons. The second-order valence-corrected chi connectivity index (χ2v) is 13.5. The average molecular weight is 154 g/mol. The minimum absolute atomic E-state index is 0.415. The fourth-order valence-corrected chi connectivity index (χ4v) is 5.40. The minimum atomic E-state index is 0.415. The average Bonchev–Trinajstić information content (AvgIpc) is 1.65. The van der Waals surface area contributed by atoms with Crippen LogP contribution in [0.3, 0.4) is 0 Å². The number of hydrogen-bond donors (Lipinski definition) is 0. The monoisotopic (exact) mass is 154 g/mol. The van der Waals surface area contributed by atoms with Gasteiger partial charge in [-0.15, -0.1) is 0 Å². The molecule has 0 fully saturated rings. The number of hydrogen-bond acceptors (Lipinski definition) is 0. The second-order valence-electron chi connectivity index (χ2n) is 1.59.